The van der Waals surface area contributed by atoms with Crippen LogP contribution in [0.1, 0.15) is 52.7 Å². The van der Waals surface area contributed by atoms with Crippen molar-refractivity contribution in [3.05, 3.63) is 230 Å². The second-order valence-electron chi connectivity index (χ2n) is 22.0. The first-order valence-electron chi connectivity index (χ1n) is 25.6. The van der Waals surface area contributed by atoms with Gasteiger partial charge >= 0.3 is 0 Å². The van der Waals surface area contributed by atoms with Crippen LogP contribution in [0, 0.1) is 10.8 Å². The SMILES string of the molecule is CC(C)(C)C1(C(C)(C)C)c2cc(N(c3ccccc3)c3cccc4oc5ccccc5c34)c3ccccc3c2-c2c1c1ccc(N(c3ccccc3)c3cccc4oc5ccccc5c34)cc1c1ccccc21. The van der Waals surface area contributed by atoms with Crippen LogP contribution in [0.4, 0.5) is 34.1 Å². The fourth-order valence-corrected chi connectivity index (χ4v) is 13.8. The van der Waals surface area contributed by atoms with E-state index in [1.54, 1.807) is 0 Å². The number of rotatable bonds is 6. The summed E-state index contributed by atoms with van der Waals surface area (Å²) >= 11 is 0. The van der Waals surface area contributed by atoms with Crippen LogP contribution >= 0.6 is 0 Å². The largest absolute Gasteiger partial charge is 0.456 e. The first-order valence-corrected chi connectivity index (χ1v) is 25.6. The fourth-order valence-electron chi connectivity index (χ4n) is 13.8. The second-order valence-corrected chi connectivity index (χ2v) is 22.0. The van der Waals surface area contributed by atoms with Crippen LogP contribution in [-0.2, 0) is 5.41 Å². The minimum Gasteiger partial charge on any atom is -0.456 e. The number of para-hydroxylation sites is 4. The van der Waals surface area contributed by atoms with Crippen LogP contribution in [0.15, 0.2) is 227 Å². The van der Waals surface area contributed by atoms with Gasteiger partial charge in [-0.15, -0.1) is 0 Å². The minimum atomic E-state index is -0.496. The van der Waals surface area contributed by atoms with Crippen LogP contribution in [0.5, 0.6) is 0 Å². The molecule has 0 amide bonds. The van der Waals surface area contributed by atoms with Gasteiger partial charge in [0.15, 0.2) is 0 Å². The van der Waals surface area contributed by atoms with Gasteiger partial charge in [-0.2, -0.15) is 0 Å². The quantitative estimate of drug-likeness (QED) is 0.156. The lowest BCUT2D eigenvalue weighted by Gasteiger charge is -2.53. The third-order valence-corrected chi connectivity index (χ3v) is 16.1. The van der Waals surface area contributed by atoms with Crippen molar-refractivity contribution in [1.29, 1.82) is 0 Å². The topological polar surface area (TPSA) is 32.8 Å². The monoisotopic (exact) mass is 942 g/mol. The molecule has 1 aliphatic rings. The Labute approximate surface area is 425 Å². The summed E-state index contributed by atoms with van der Waals surface area (Å²) in [6.45, 7) is 14.8. The van der Waals surface area contributed by atoms with Gasteiger partial charge < -0.3 is 18.6 Å². The lowest BCUT2D eigenvalue weighted by atomic mass is 9.49. The highest BCUT2D eigenvalue weighted by Crippen LogP contribution is 2.69. The Bertz CT molecular complexity index is 4340. The van der Waals surface area contributed by atoms with Crippen LogP contribution in [0.2, 0.25) is 0 Å². The molecule has 0 saturated heterocycles. The zero-order valence-corrected chi connectivity index (χ0v) is 42.0. The molecule has 11 aromatic carbocycles. The molecule has 14 rings (SSSR count). The molecule has 0 bridgehead atoms. The van der Waals surface area contributed by atoms with Crippen LogP contribution in [0.3, 0.4) is 0 Å². The fraction of sp³-hybridized carbons (Fsp3) is 0.130. The second kappa shape index (κ2) is 15.7. The maximum Gasteiger partial charge on any atom is 0.137 e. The number of anilines is 6. The summed E-state index contributed by atoms with van der Waals surface area (Å²) in [5, 5.41) is 11.8. The van der Waals surface area contributed by atoms with E-state index in [4.69, 9.17) is 8.83 Å². The van der Waals surface area contributed by atoms with Gasteiger partial charge in [0.1, 0.15) is 22.3 Å². The van der Waals surface area contributed by atoms with E-state index in [0.717, 1.165) is 78.0 Å². The lowest BCUT2D eigenvalue weighted by molar-refractivity contribution is 0.0965. The first-order chi connectivity index (χ1) is 35.5. The van der Waals surface area contributed by atoms with E-state index in [9.17, 15) is 0 Å². The van der Waals surface area contributed by atoms with Gasteiger partial charge in [-0.3, -0.25) is 0 Å². The number of hydrogen-bond acceptors (Lipinski definition) is 4. The van der Waals surface area contributed by atoms with Crippen molar-refractivity contribution in [2.75, 3.05) is 9.80 Å². The van der Waals surface area contributed by atoms with E-state index in [-0.39, 0.29) is 10.8 Å². The maximum atomic E-state index is 6.59. The van der Waals surface area contributed by atoms with Crippen LogP contribution in [0.25, 0.3) is 87.3 Å². The Morgan fingerprint density at radius 1 is 0.315 bits per heavy atom. The van der Waals surface area contributed by atoms with Gasteiger partial charge in [0.05, 0.1) is 27.8 Å². The van der Waals surface area contributed by atoms with Gasteiger partial charge in [-0.1, -0.05) is 181 Å². The van der Waals surface area contributed by atoms with E-state index in [2.05, 4.69) is 264 Å². The average Bonchev–Trinajstić information content (AvgIpc) is 4.09. The standard InChI is InChI=1S/C69H54N2O2/c1-67(2,3)69(68(4,5)6)54-42-57(71(44-25-11-8-12-26-44)56-34-22-38-61-64(56)52-32-18-20-36-59(52)73-61)47-28-14-16-30-49(47)62(54)65-48-29-15-13-27-46(48)53-41-45(39-40-50(53)66(65)69)70(43-23-9-7-10-24-43)55-33-21-37-60-63(55)51-31-17-19-35-58(51)72-60/h7-42H,1-6H3. The van der Waals surface area contributed by atoms with Crippen LogP contribution in [-0.4, -0.2) is 0 Å². The number of fused-ring (bicyclic) bond motifs is 16. The predicted molar refractivity (Wildman–Crippen MR) is 308 cm³/mol. The Balaban J connectivity index is 1.10. The molecule has 4 heteroatoms. The highest BCUT2D eigenvalue weighted by atomic mass is 16.3. The molecule has 0 unspecified atom stereocenters. The van der Waals surface area contributed by atoms with E-state index < -0.39 is 5.41 Å². The van der Waals surface area contributed by atoms with Gasteiger partial charge in [-0.05, 0) is 139 Å². The average molecular weight is 943 g/mol. The summed E-state index contributed by atoms with van der Waals surface area (Å²) < 4.78 is 13.1. The number of furan rings is 2. The third kappa shape index (κ3) is 6.07. The van der Waals surface area contributed by atoms with Crippen molar-refractivity contribution in [1.82, 2.24) is 0 Å². The minimum absolute atomic E-state index is 0.272. The summed E-state index contributed by atoms with van der Waals surface area (Å²) in [4.78, 5) is 4.92. The maximum absolute atomic E-state index is 6.59. The lowest BCUT2D eigenvalue weighted by Crippen LogP contribution is -2.50. The van der Waals surface area contributed by atoms with Gasteiger partial charge in [0, 0.05) is 38.6 Å². The van der Waals surface area contributed by atoms with Crippen LogP contribution < -0.4 is 9.80 Å². The van der Waals surface area contributed by atoms with Gasteiger partial charge in [-0.25, -0.2) is 0 Å². The van der Waals surface area contributed by atoms with E-state index in [1.165, 1.54) is 54.6 Å². The molecule has 2 heterocycles. The summed E-state index contributed by atoms with van der Waals surface area (Å²) in [7, 11) is 0. The molecule has 0 atom stereocenters. The Morgan fingerprint density at radius 3 is 1.33 bits per heavy atom. The zero-order chi connectivity index (χ0) is 49.4. The number of hydrogen-bond donors (Lipinski definition) is 0. The van der Waals surface area contributed by atoms with Crippen molar-refractivity contribution in [3.63, 3.8) is 0 Å². The Hall–Kier alpha value is -8.60. The normalized spacial score (nSPS) is 13.5. The molecule has 0 saturated carbocycles. The molecule has 1 aliphatic carbocycles. The smallest absolute Gasteiger partial charge is 0.137 e. The van der Waals surface area contributed by atoms with E-state index in [0.29, 0.717) is 0 Å². The summed E-state index contributed by atoms with van der Waals surface area (Å²) in [6.07, 6.45) is 0. The number of benzene rings is 11. The molecule has 0 fully saturated rings. The molecule has 4 nitrogen and oxygen atoms in total. The Kier molecular flexibility index (Phi) is 9.29. The van der Waals surface area contributed by atoms with Gasteiger partial charge in [0.25, 0.3) is 0 Å². The highest BCUT2D eigenvalue weighted by molar-refractivity contribution is 6.24. The molecule has 352 valence electrons. The Morgan fingerprint density at radius 2 is 0.767 bits per heavy atom. The third-order valence-electron chi connectivity index (χ3n) is 16.1. The van der Waals surface area contributed by atoms with Gasteiger partial charge in [0.2, 0.25) is 0 Å². The van der Waals surface area contributed by atoms with E-state index in [1.807, 2.05) is 6.07 Å². The summed E-state index contributed by atoms with van der Waals surface area (Å²) in [6, 6.07) is 79.6. The molecule has 0 spiro atoms. The molecular formula is C69H54N2O2. The molecule has 73 heavy (non-hydrogen) atoms. The molecule has 0 radical (unpaired) electrons. The van der Waals surface area contributed by atoms with Crippen molar-refractivity contribution < 1.29 is 8.83 Å². The molecule has 13 aromatic rings. The van der Waals surface area contributed by atoms with Crippen molar-refractivity contribution in [3.8, 4) is 11.1 Å². The zero-order valence-electron chi connectivity index (χ0n) is 42.0. The summed E-state index contributed by atoms with van der Waals surface area (Å²) in [5.74, 6) is 0. The molecule has 0 aliphatic heterocycles. The number of nitrogens with zero attached hydrogens (tertiary/aromatic N) is 2. The molecule has 0 N–H and O–H groups in total. The molecule has 2 aromatic heterocycles. The van der Waals surface area contributed by atoms with Crippen molar-refractivity contribution in [2.45, 2.75) is 47.0 Å². The summed E-state index contributed by atoms with van der Waals surface area (Å²) in [5.41, 5.74) is 14.4. The predicted octanol–water partition coefficient (Wildman–Crippen LogP) is 20.2. The first kappa shape index (κ1) is 43.2. The highest BCUT2D eigenvalue weighted by Gasteiger charge is 2.59. The molecular weight excluding hydrogens is 889 g/mol. The van der Waals surface area contributed by atoms with Crippen molar-refractivity contribution >= 4 is 110 Å². The van der Waals surface area contributed by atoms with E-state index >= 15 is 0 Å². The van der Waals surface area contributed by atoms with Crippen molar-refractivity contribution in [2.24, 2.45) is 10.8 Å².